The van der Waals surface area contributed by atoms with E-state index < -0.39 is 0 Å². The zero-order valence-corrected chi connectivity index (χ0v) is 9.44. The molecule has 6 heteroatoms. The first-order valence-corrected chi connectivity index (χ1v) is 5.83. The summed E-state index contributed by atoms with van der Waals surface area (Å²) in [6, 6.07) is 2.19. The highest BCUT2D eigenvalue weighted by molar-refractivity contribution is 5.88. The van der Waals surface area contributed by atoms with Crippen molar-refractivity contribution in [1.82, 2.24) is 20.1 Å². The van der Waals surface area contributed by atoms with Crippen molar-refractivity contribution in [3.05, 3.63) is 22.6 Å². The highest BCUT2D eigenvalue weighted by atomic mass is 16.1. The summed E-state index contributed by atoms with van der Waals surface area (Å²) < 4.78 is 1.90. The number of anilines is 1. The normalized spacial score (nSPS) is 17.6. The third-order valence-corrected chi connectivity index (χ3v) is 3.31. The molecule has 0 radical (unpaired) electrons. The van der Waals surface area contributed by atoms with Gasteiger partial charge in [0.2, 0.25) is 0 Å². The summed E-state index contributed by atoms with van der Waals surface area (Å²) in [5.41, 5.74) is 6.48. The Bertz CT molecular complexity index is 593. The van der Waals surface area contributed by atoms with Gasteiger partial charge in [0.25, 0.3) is 5.56 Å². The van der Waals surface area contributed by atoms with Crippen molar-refractivity contribution in [3.63, 3.8) is 0 Å². The zero-order chi connectivity index (χ0) is 11.8. The van der Waals surface area contributed by atoms with Crippen molar-refractivity contribution >= 4 is 16.7 Å². The third kappa shape index (κ3) is 1.61. The molecule has 0 aromatic carbocycles. The lowest BCUT2D eigenvalue weighted by molar-refractivity contribution is 0.352. The van der Waals surface area contributed by atoms with E-state index in [2.05, 4.69) is 15.4 Å². The van der Waals surface area contributed by atoms with Crippen LogP contribution in [-0.2, 0) is 0 Å². The number of pyridine rings is 1. The topological polar surface area (TPSA) is 88.7 Å². The highest BCUT2D eigenvalue weighted by Gasteiger charge is 2.20. The second-order valence-electron chi connectivity index (χ2n) is 4.38. The standard InChI is InChI=1S/C11H15N5O/c12-10-9-8(3-6-14-11(9)17)16(15-10)7-1-4-13-5-2-7/h3,6-7,13H,1-2,4-5H2,(H2,12,15)(H,14,17). The Kier molecular flexibility index (Phi) is 2.36. The van der Waals surface area contributed by atoms with Crippen LogP contribution in [0.5, 0.6) is 0 Å². The van der Waals surface area contributed by atoms with Crippen LogP contribution >= 0.6 is 0 Å². The van der Waals surface area contributed by atoms with Crippen LogP contribution in [0.2, 0.25) is 0 Å². The number of hydrogen-bond donors (Lipinski definition) is 3. The lowest BCUT2D eigenvalue weighted by Crippen LogP contribution is -2.29. The summed E-state index contributed by atoms with van der Waals surface area (Å²) in [5, 5.41) is 8.14. The monoisotopic (exact) mass is 233 g/mol. The fraction of sp³-hybridized carbons (Fsp3) is 0.455. The van der Waals surface area contributed by atoms with Crippen LogP contribution in [0.3, 0.4) is 0 Å². The van der Waals surface area contributed by atoms with Crippen LogP contribution in [0.4, 0.5) is 5.82 Å². The number of piperidine rings is 1. The number of nitrogen functional groups attached to an aromatic ring is 1. The molecule has 17 heavy (non-hydrogen) atoms. The SMILES string of the molecule is Nc1nn(C2CCNCC2)c2cc[nH]c(=O)c12. The van der Waals surface area contributed by atoms with Crippen LogP contribution in [0.1, 0.15) is 18.9 Å². The average Bonchev–Trinajstić information content (AvgIpc) is 2.69. The Morgan fingerprint density at radius 3 is 2.94 bits per heavy atom. The number of nitrogens with two attached hydrogens (primary N) is 1. The molecule has 3 heterocycles. The molecule has 6 nitrogen and oxygen atoms in total. The van der Waals surface area contributed by atoms with Gasteiger partial charge < -0.3 is 16.0 Å². The van der Waals surface area contributed by atoms with E-state index >= 15 is 0 Å². The van der Waals surface area contributed by atoms with Gasteiger partial charge in [-0.15, -0.1) is 0 Å². The summed E-state index contributed by atoms with van der Waals surface area (Å²) in [5.74, 6) is 0.320. The Balaban J connectivity index is 2.17. The molecule has 1 aliphatic heterocycles. The summed E-state index contributed by atoms with van der Waals surface area (Å²) in [6.07, 6.45) is 3.68. The first-order valence-electron chi connectivity index (χ1n) is 5.83. The number of aromatic amines is 1. The van der Waals surface area contributed by atoms with E-state index in [0.29, 0.717) is 17.2 Å². The molecule has 0 bridgehead atoms. The molecule has 0 atom stereocenters. The van der Waals surface area contributed by atoms with Crippen molar-refractivity contribution in [2.24, 2.45) is 0 Å². The van der Waals surface area contributed by atoms with Crippen molar-refractivity contribution < 1.29 is 0 Å². The van der Waals surface area contributed by atoms with E-state index in [0.717, 1.165) is 31.4 Å². The van der Waals surface area contributed by atoms with E-state index in [1.54, 1.807) is 6.20 Å². The molecule has 0 spiro atoms. The molecule has 4 N–H and O–H groups in total. The van der Waals surface area contributed by atoms with Crippen molar-refractivity contribution in [1.29, 1.82) is 0 Å². The predicted molar refractivity (Wildman–Crippen MR) is 65.9 cm³/mol. The van der Waals surface area contributed by atoms with Gasteiger partial charge in [-0.05, 0) is 32.0 Å². The number of aromatic nitrogens is 3. The van der Waals surface area contributed by atoms with Crippen molar-refractivity contribution in [3.8, 4) is 0 Å². The molecule has 1 aliphatic rings. The van der Waals surface area contributed by atoms with Crippen LogP contribution in [0.25, 0.3) is 10.9 Å². The fourth-order valence-corrected chi connectivity index (χ4v) is 2.46. The minimum Gasteiger partial charge on any atom is -0.382 e. The van der Waals surface area contributed by atoms with Crippen molar-refractivity contribution in [2.75, 3.05) is 18.8 Å². The Morgan fingerprint density at radius 1 is 1.41 bits per heavy atom. The maximum atomic E-state index is 11.7. The van der Waals surface area contributed by atoms with E-state index in [9.17, 15) is 4.79 Å². The van der Waals surface area contributed by atoms with E-state index in [4.69, 9.17) is 5.73 Å². The number of nitrogens with zero attached hydrogens (tertiary/aromatic N) is 2. The van der Waals surface area contributed by atoms with Gasteiger partial charge in [-0.1, -0.05) is 0 Å². The fourth-order valence-electron chi connectivity index (χ4n) is 2.46. The van der Waals surface area contributed by atoms with E-state index in [1.807, 2.05) is 10.7 Å². The molecule has 3 rings (SSSR count). The molecule has 2 aromatic rings. The number of rotatable bonds is 1. The summed E-state index contributed by atoms with van der Waals surface area (Å²) in [6.45, 7) is 1.96. The molecule has 0 saturated carbocycles. The summed E-state index contributed by atoms with van der Waals surface area (Å²) in [4.78, 5) is 14.3. The third-order valence-electron chi connectivity index (χ3n) is 3.31. The first kappa shape index (κ1) is 10.3. The van der Waals surface area contributed by atoms with Gasteiger partial charge in [0.15, 0.2) is 5.82 Å². The molecular weight excluding hydrogens is 218 g/mol. The number of hydrogen-bond acceptors (Lipinski definition) is 4. The van der Waals surface area contributed by atoms with Crippen LogP contribution < -0.4 is 16.6 Å². The van der Waals surface area contributed by atoms with Gasteiger partial charge >= 0.3 is 0 Å². The largest absolute Gasteiger partial charge is 0.382 e. The lowest BCUT2D eigenvalue weighted by Gasteiger charge is -2.23. The van der Waals surface area contributed by atoms with Gasteiger partial charge in [0, 0.05) is 6.20 Å². The van der Waals surface area contributed by atoms with Gasteiger partial charge in [0.05, 0.1) is 11.6 Å². The maximum Gasteiger partial charge on any atom is 0.261 e. The minimum absolute atomic E-state index is 0.166. The maximum absolute atomic E-state index is 11.7. The smallest absolute Gasteiger partial charge is 0.261 e. The average molecular weight is 233 g/mol. The van der Waals surface area contributed by atoms with Crippen molar-refractivity contribution in [2.45, 2.75) is 18.9 Å². The van der Waals surface area contributed by atoms with Gasteiger partial charge in [-0.3, -0.25) is 9.48 Å². The predicted octanol–water partition coefficient (Wildman–Crippen LogP) is 0.231. The first-order chi connectivity index (χ1) is 8.27. The number of fused-ring (bicyclic) bond motifs is 1. The second kappa shape index (κ2) is 3.89. The Morgan fingerprint density at radius 2 is 2.18 bits per heavy atom. The quantitative estimate of drug-likeness (QED) is 0.658. The number of H-pyrrole nitrogens is 1. The summed E-state index contributed by atoms with van der Waals surface area (Å²) >= 11 is 0. The zero-order valence-electron chi connectivity index (χ0n) is 9.44. The van der Waals surface area contributed by atoms with Crippen LogP contribution in [0, 0.1) is 0 Å². The molecule has 1 saturated heterocycles. The molecule has 0 unspecified atom stereocenters. The van der Waals surface area contributed by atoms with Gasteiger partial charge in [-0.25, -0.2) is 0 Å². The van der Waals surface area contributed by atoms with E-state index in [1.165, 1.54) is 0 Å². The second-order valence-corrected chi connectivity index (χ2v) is 4.38. The number of nitrogens with one attached hydrogen (secondary N) is 2. The van der Waals surface area contributed by atoms with Crippen LogP contribution in [-0.4, -0.2) is 27.9 Å². The van der Waals surface area contributed by atoms with Gasteiger partial charge in [0.1, 0.15) is 5.39 Å². The molecule has 0 aliphatic carbocycles. The summed E-state index contributed by atoms with van der Waals surface area (Å²) in [7, 11) is 0. The van der Waals surface area contributed by atoms with Gasteiger partial charge in [-0.2, -0.15) is 5.10 Å². The molecule has 0 amide bonds. The lowest BCUT2D eigenvalue weighted by atomic mass is 10.1. The molecule has 90 valence electrons. The minimum atomic E-state index is -0.166. The molecule has 2 aromatic heterocycles. The highest BCUT2D eigenvalue weighted by Crippen LogP contribution is 2.24. The Labute approximate surface area is 97.8 Å². The van der Waals surface area contributed by atoms with Crippen LogP contribution in [0.15, 0.2) is 17.1 Å². The Hall–Kier alpha value is -1.82. The molecule has 1 fully saturated rings. The molecular formula is C11H15N5O. The van der Waals surface area contributed by atoms with E-state index in [-0.39, 0.29) is 5.56 Å².